The molecule has 0 heterocycles. The van der Waals surface area contributed by atoms with Crippen LogP contribution in [0.1, 0.15) is 18.1 Å². The summed E-state index contributed by atoms with van der Waals surface area (Å²) in [7, 11) is 0. The molecule has 1 aromatic rings. The number of amides is 1. The van der Waals surface area contributed by atoms with Crippen LogP contribution in [0, 0.1) is 19.3 Å². The number of rotatable bonds is 5. The first kappa shape index (κ1) is 14.5. The van der Waals surface area contributed by atoms with Crippen molar-refractivity contribution in [3.63, 3.8) is 0 Å². The minimum Gasteiger partial charge on any atom is -0.395 e. The van der Waals surface area contributed by atoms with Crippen LogP contribution in [0.4, 0.5) is 5.69 Å². The number of benzene rings is 1. The molecule has 1 rings (SSSR count). The lowest BCUT2D eigenvalue weighted by atomic mass is 9.92. The van der Waals surface area contributed by atoms with Gasteiger partial charge in [-0.15, -0.1) is 0 Å². The third-order valence-electron chi connectivity index (χ3n) is 3.07. The van der Waals surface area contributed by atoms with E-state index in [-0.39, 0.29) is 0 Å². The van der Waals surface area contributed by atoms with Gasteiger partial charge in [-0.25, -0.2) is 0 Å². The van der Waals surface area contributed by atoms with Gasteiger partial charge in [-0.1, -0.05) is 6.07 Å². The first-order chi connectivity index (χ1) is 8.42. The summed E-state index contributed by atoms with van der Waals surface area (Å²) in [5.74, 6) is -0.453. The third kappa shape index (κ3) is 3.21. The number of anilines is 1. The van der Waals surface area contributed by atoms with E-state index < -0.39 is 24.5 Å². The minimum absolute atomic E-state index is 0.413. The zero-order chi connectivity index (χ0) is 13.8. The summed E-state index contributed by atoms with van der Waals surface area (Å²) >= 11 is 0. The number of nitrogens with one attached hydrogen (secondary N) is 2. The Hall–Kier alpha value is -1.59. The molecular formula is C13H20N2O3. The summed E-state index contributed by atoms with van der Waals surface area (Å²) in [5.41, 5.74) is 7.09. The van der Waals surface area contributed by atoms with E-state index in [1.54, 1.807) is 0 Å². The quantitative estimate of drug-likeness (QED) is 0.583. The van der Waals surface area contributed by atoms with Crippen molar-refractivity contribution >= 4 is 11.6 Å². The third-order valence-corrected chi connectivity index (χ3v) is 3.07. The van der Waals surface area contributed by atoms with Gasteiger partial charge in [-0.3, -0.25) is 15.6 Å². The molecule has 0 radical (unpaired) electrons. The molecule has 100 valence electrons. The summed E-state index contributed by atoms with van der Waals surface area (Å²) in [6.45, 7) is 4.65. The Bertz CT molecular complexity index is 428. The van der Waals surface area contributed by atoms with Gasteiger partial charge in [0, 0.05) is 0 Å². The van der Waals surface area contributed by atoms with Crippen LogP contribution in [-0.4, -0.2) is 29.3 Å². The SMILES string of the molecule is Cc1ccc(NNC(=O)C(C)(CO)CO)cc1C. The minimum atomic E-state index is -1.19. The number of hydrogen-bond acceptors (Lipinski definition) is 4. The molecule has 0 fully saturated rings. The van der Waals surface area contributed by atoms with Gasteiger partial charge in [0.15, 0.2) is 0 Å². The fourth-order valence-electron chi connectivity index (χ4n) is 1.29. The molecule has 0 saturated heterocycles. The van der Waals surface area contributed by atoms with Gasteiger partial charge >= 0.3 is 0 Å². The Morgan fingerprint density at radius 3 is 2.33 bits per heavy atom. The molecule has 0 aliphatic rings. The average Bonchev–Trinajstić information content (AvgIpc) is 2.38. The molecule has 1 amide bonds. The van der Waals surface area contributed by atoms with E-state index in [1.165, 1.54) is 12.5 Å². The molecule has 0 atom stereocenters. The number of aryl methyl sites for hydroxylation is 2. The molecule has 0 bridgehead atoms. The maximum atomic E-state index is 11.8. The highest BCUT2D eigenvalue weighted by Gasteiger charge is 2.31. The molecule has 0 aliphatic heterocycles. The number of carbonyl (C=O) groups excluding carboxylic acids is 1. The Morgan fingerprint density at radius 2 is 1.83 bits per heavy atom. The maximum Gasteiger partial charge on any atom is 0.248 e. The second-order valence-electron chi connectivity index (χ2n) is 4.76. The highest BCUT2D eigenvalue weighted by Crippen LogP contribution is 2.16. The van der Waals surface area contributed by atoms with Crippen LogP contribution < -0.4 is 10.9 Å². The number of aliphatic hydroxyl groups excluding tert-OH is 2. The number of aliphatic hydroxyl groups is 2. The van der Waals surface area contributed by atoms with Gasteiger partial charge in [0.05, 0.1) is 24.3 Å². The van der Waals surface area contributed by atoms with E-state index in [1.807, 2.05) is 32.0 Å². The molecule has 5 heteroatoms. The summed E-state index contributed by atoms with van der Waals surface area (Å²) in [6.07, 6.45) is 0. The van der Waals surface area contributed by atoms with Gasteiger partial charge < -0.3 is 10.2 Å². The number of carbonyl (C=O) groups is 1. The molecule has 0 unspecified atom stereocenters. The van der Waals surface area contributed by atoms with Gasteiger partial charge in [-0.05, 0) is 44.0 Å². The van der Waals surface area contributed by atoms with Gasteiger partial charge in [0.25, 0.3) is 0 Å². The van der Waals surface area contributed by atoms with Crippen molar-refractivity contribution < 1.29 is 15.0 Å². The standard InChI is InChI=1S/C13H20N2O3/c1-9-4-5-11(6-10(9)2)14-15-12(18)13(3,7-16)8-17/h4-6,14,16-17H,7-8H2,1-3H3,(H,15,18). The number of hydrazine groups is 1. The van der Waals surface area contributed by atoms with Crippen molar-refractivity contribution in [3.8, 4) is 0 Å². The summed E-state index contributed by atoms with van der Waals surface area (Å²) in [6, 6.07) is 5.70. The molecule has 0 aliphatic carbocycles. The van der Waals surface area contributed by atoms with E-state index >= 15 is 0 Å². The molecule has 0 saturated carbocycles. The van der Waals surface area contributed by atoms with Crippen LogP contribution in [-0.2, 0) is 4.79 Å². The van der Waals surface area contributed by atoms with Crippen LogP contribution in [0.15, 0.2) is 18.2 Å². The molecule has 0 spiro atoms. The Balaban J connectivity index is 2.65. The molecular weight excluding hydrogens is 232 g/mol. The monoisotopic (exact) mass is 252 g/mol. The van der Waals surface area contributed by atoms with Crippen LogP contribution in [0.2, 0.25) is 0 Å². The van der Waals surface area contributed by atoms with Crippen LogP contribution in [0.25, 0.3) is 0 Å². The lowest BCUT2D eigenvalue weighted by Crippen LogP contribution is -2.46. The molecule has 1 aromatic carbocycles. The molecule has 4 N–H and O–H groups in total. The summed E-state index contributed by atoms with van der Waals surface area (Å²) in [4.78, 5) is 11.8. The zero-order valence-electron chi connectivity index (χ0n) is 10.9. The van der Waals surface area contributed by atoms with Crippen LogP contribution >= 0.6 is 0 Å². The van der Waals surface area contributed by atoms with Crippen molar-refractivity contribution in [3.05, 3.63) is 29.3 Å². The van der Waals surface area contributed by atoms with Gasteiger partial charge in [-0.2, -0.15) is 0 Å². The predicted molar refractivity (Wildman–Crippen MR) is 70.0 cm³/mol. The van der Waals surface area contributed by atoms with E-state index in [0.29, 0.717) is 0 Å². The van der Waals surface area contributed by atoms with Crippen molar-refractivity contribution in [2.75, 3.05) is 18.6 Å². The van der Waals surface area contributed by atoms with Gasteiger partial charge in [0.2, 0.25) is 5.91 Å². The highest BCUT2D eigenvalue weighted by atomic mass is 16.3. The normalized spacial score (nSPS) is 11.2. The molecule has 5 nitrogen and oxygen atoms in total. The lowest BCUT2D eigenvalue weighted by Gasteiger charge is -2.23. The predicted octanol–water partition coefficient (Wildman–Crippen LogP) is 0.737. The first-order valence-electron chi connectivity index (χ1n) is 5.78. The first-order valence-corrected chi connectivity index (χ1v) is 5.78. The van der Waals surface area contributed by atoms with Crippen LogP contribution in [0.5, 0.6) is 0 Å². The second kappa shape index (κ2) is 5.84. The van der Waals surface area contributed by atoms with E-state index in [4.69, 9.17) is 10.2 Å². The largest absolute Gasteiger partial charge is 0.395 e. The van der Waals surface area contributed by atoms with Crippen LogP contribution in [0.3, 0.4) is 0 Å². The van der Waals surface area contributed by atoms with Crippen molar-refractivity contribution in [2.45, 2.75) is 20.8 Å². The van der Waals surface area contributed by atoms with E-state index in [2.05, 4.69) is 10.9 Å². The van der Waals surface area contributed by atoms with E-state index in [0.717, 1.165) is 11.3 Å². The highest BCUT2D eigenvalue weighted by molar-refractivity contribution is 5.83. The fraction of sp³-hybridized carbons (Fsp3) is 0.462. The second-order valence-corrected chi connectivity index (χ2v) is 4.76. The Morgan fingerprint density at radius 1 is 1.22 bits per heavy atom. The van der Waals surface area contributed by atoms with Crippen molar-refractivity contribution in [1.82, 2.24) is 5.43 Å². The van der Waals surface area contributed by atoms with Gasteiger partial charge in [0.1, 0.15) is 0 Å². The maximum absolute atomic E-state index is 11.8. The van der Waals surface area contributed by atoms with Crippen molar-refractivity contribution in [1.29, 1.82) is 0 Å². The zero-order valence-corrected chi connectivity index (χ0v) is 10.9. The number of hydrogen-bond donors (Lipinski definition) is 4. The smallest absolute Gasteiger partial charge is 0.248 e. The Labute approximate surface area is 107 Å². The average molecular weight is 252 g/mol. The van der Waals surface area contributed by atoms with E-state index in [9.17, 15) is 4.79 Å². The summed E-state index contributed by atoms with van der Waals surface area (Å²) in [5, 5.41) is 18.2. The molecule has 18 heavy (non-hydrogen) atoms. The fourth-order valence-corrected chi connectivity index (χ4v) is 1.29. The topological polar surface area (TPSA) is 81.6 Å². The Kier molecular flexibility index (Phi) is 4.69. The molecule has 0 aromatic heterocycles. The van der Waals surface area contributed by atoms with Crippen molar-refractivity contribution in [2.24, 2.45) is 5.41 Å². The lowest BCUT2D eigenvalue weighted by molar-refractivity contribution is -0.134. The summed E-state index contributed by atoms with van der Waals surface area (Å²) < 4.78 is 0.